The van der Waals surface area contributed by atoms with E-state index in [1.54, 1.807) is 0 Å². The van der Waals surface area contributed by atoms with Gasteiger partial charge in [-0.2, -0.15) is 0 Å². The molecule has 1 aliphatic heterocycles. The fourth-order valence-electron chi connectivity index (χ4n) is 2.60. The van der Waals surface area contributed by atoms with Crippen molar-refractivity contribution < 1.29 is 0 Å². The molecule has 1 N–H and O–H groups in total. The van der Waals surface area contributed by atoms with Crippen LogP contribution in [0, 0.1) is 0 Å². The summed E-state index contributed by atoms with van der Waals surface area (Å²) >= 11 is 0. The lowest BCUT2D eigenvalue weighted by Crippen LogP contribution is -2.29. The first kappa shape index (κ1) is 12.9. The van der Waals surface area contributed by atoms with Crippen LogP contribution in [0.3, 0.4) is 0 Å². The van der Waals surface area contributed by atoms with Gasteiger partial charge in [-0.15, -0.1) is 0 Å². The molecule has 0 radical (unpaired) electrons. The molecule has 0 amide bonds. The lowest BCUT2D eigenvalue weighted by Gasteiger charge is -2.23. The van der Waals surface area contributed by atoms with E-state index in [2.05, 4.69) is 39.3 Å². The van der Waals surface area contributed by atoms with Gasteiger partial charge in [0.05, 0.1) is 5.69 Å². The van der Waals surface area contributed by atoms with Gasteiger partial charge in [0.1, 0.15) is 0 Å². The summed E-state index contributed by atoms with van der Waals surface area (Å²) in [6, 6.07) is 5.14. The number of likely N-dealkylation sites (N-methyl/N-ethyl adjacent to an activating group) is 1. The van der Waals surface area contributed by atoms with Crippen LogP contribution in [0.2, 0.25) is 0 Å². The van der Waals surface area contributed by atoms with Crippen LogP contribution in [0.15, 0.2) is 18.3 Å². The van der Waals surface area contributed by atoms with Crippen LogP contribution in [0.4, 0.5) is 5.69 Å². The quantitative estimate of drug-likeness (QED) is 0.888. The molecule has 0 unspecified atom stereocenters. The molecule has 0 aromatic carbocycles. The number of rotatable bonds is 4. The molecule has 0 spiro atoms. The Labute approximate surface area is 115 Å². The minimum absolute atomic E-state index is 0.747. The molecular weight excluding hydrogens is 236 g/mol. The predicted molar refractivity (Wildman–Crippen MR) is 78.4 cm³/mol. The highest BCUT2D eigenvalue weighted by atomic mass is 15.2. The Morgan fingerprint density at radius 1 is 1.26 bits per heavy atom. The van der Waals surface area contributed by atoms with Crippen molar-refractivity contribution in [2.24, 2.45) is 0 Å². The summed E-state index contributed by atoms with van der Waals surface area (Å²) in [4.78, 5) is 9.38. The topological polar surface area (TPSA) is 31.4 Å². The number of hydrogen-bond donors (Lipinski definition) is 1. The minimum Gasteiger partial charge on any atom is -0.370 e. The number of anilines is 1. The standard InChI is InChI=1S/C15H24N4/c1-18-7-2-8-19(10-9-18)15-5-6-16-14(11-15)12-17-13-3-4-13/h5-6,11,13,17H,2-4,7-10,12H2,1H3. The van der Waals surface area contributed by atoms with Crippen molar-refractivity contribution in [2.75, 3.05) is 38.1 Å². The maximum atomic E-state index is 4.47. The molecule has 104 valence electrons. The van der Waals surface area contributed by atoms with Crippen LogP contribution in [-0.4, -0.2) is 49.2 Å². The molecular formula is C15H24N4. The molecule has 19 heavy (non-hydrogen) atoms. The molecule has 2 fully saturated rings. The van der Waals surface area contributed by atoms with E-state index in [1.807, 2.05) is 6.20 Å². The van der Waals surface area contributed by atoms with Crippen LogP contribution in [-0.2, 0) is 6.54 Å². The first-order valence-corrected chi connectivity index (χ1v) is 7.43. The van der Waals surface area contributed by atoms with E-state index < -0.39 is 0 Å². The van der Waals surface area contributed by atoms with Crippen molar-refractivity contribution >= 4 is 5.69 Å². The fourth-order valence-corrected chi connectivity index (χ4v) is 2.60. The summed E-state index contributed by atoms with van der Waals surface area (Å²) in [6.45, 7) is 5.54. The lowest BCUT2D eigenvalue weighted by molar-refractivity contribution is 0.360. The van der Waals surface area contributed by atoms with Crippen molar-refractivity contribution in [1.82, 2.24) is 15.2 Å². The number of nitrogens with zero attached hydrogens (tertiary/aromatic N) is 3. The van der Waals surface area contributed by atoms with Gasteiger partial charge in [-0.05, 0) is 45.0 Å². The Kier molecular flexibility index (Phi) is 3.99. The van der Waals surface area contributed by atoms with E-state index in [0.29, 0.717) is 0 Å². The van der Waals surface area contributed by atoms with Gasteiger partial charge in [0.2, 0.25) is 0 Å². The molecule has 1 saturated heterocycles. The van der Waals surface area contributed by atoms with E-state index in [9.17, 15) is 0 Å². The Morgan fingerprint density at radius 3 is 3.00 bits per heavy atom. The second kappa shape index (κ2) is 5.88. The highest BCUT2D eigenvalue weighted by molar-refractivity contribution is 5.46. The van der Waals surface area contributed by atoms with Gasteiger partial charge in [0.25, 0.3) is 0 Å². The van der Waals surface area contributed by atoms with Crippen LogP contribution in [0.5, 0.6) is 0 Å². The first-order valence-electron chi connectivity index (χ1n) is 7.43. The molecule has 1 aromatic heterocycles. The summed E-state index contributed by atoms with van der Waals surface area (Å²) in [5.41, 5.74) is 2.50. The van der Waals surface area contributed by atoms with E-state index in [-0.39, 0.29) is 0 Å². The molecule has 0 atom stereocenters. The Hall–Kier alpha value is -1.13. The second-order valence-corrected chi connectivity index (χ2v) is 5.80. The fraction of sp³-hybridized carbons (Fsp3) is 0.667. The molecule has 3 rings (SSSR count). The number of pyridine rings is 1. The summed E-state index contributed by atoms with van der Waals surface area (Å²) in [6.07, 6.45) is 5.86. The van der Waals surface area contributed by atoms with Crippen LogP contribution < -0.4 is 10.2 Å². The first-order chi connectivity index (χ1) is 9.31. The third-order valence-electron chi connectivity index (χ3n) is 4.03. The zero-order valence-electron chi connectivity index (χ0n) is 11.8. The summed E-state index contributed by atoms with van der Waals surface area (Å²) < 4.78 is 0. The van der Waals surface area contributed by atoms with Gasteiger partial charge in [-0.25, -0.2) is 0 Å². The van der Waals surface area contributed by atoms with Gasteiger partial charge >= 0.3 is 0 Å². The third-order valence-corrected chi connectivity index (χ3v) is 4.03. The molecule has 1 saturated carbocycles. The van der Waals surface area contributed by atoms with Crippen molar-refractivity contribution in [2.45, 2.75) is 31.8 Å². The highest BCUT2D eigenvalue weighted by Gasteiger charge is 2.20. The maximum Gasteiger partial charge on any atom is 0.0562 e. The summed E-state index contributed by atoms with van der Waals surface area (Å²) in [5.74, 6) is 0. The molecule has 2 heterocycles. The zero-order chi connectivity index (χ0) is 13.1. The Morgan fingerprint density at radius 2 is 2.16 bits per heavy atom. The maximum absolute atomic E-state index is 4.47. The number of hydrogen-bond acceptors (Lipinski definition) is 4. The second-order valence-electron chi connectivity index (χ2n) is 5.80. The van der Waals surface area contributed by atoms with Gasteiger partial charge in [0, 0.05) is 44.1 Å². The molecule has 1 aliphatic carbocycles. The molecule has 0 bridgehead atoms. The molecule has 1 aromatic rings. The van der Waals surface area contributed by atoms with E-state index in [4.69, 9.17) is 0 Å². The Bertz CT molecular complexity index is 416. The minimum atomic E-state index is 0.747. The van der Waals surface area contributed by atoms with Crippen LogP contribution in [0.1, 0.15) is 25.0 Å². The zero-order valence-corrected chi connectivity index (χ0v) is 11.8. The smallest absolute Gasteiger partial charge is 0.0562 e. The molecule has 4 nitrogen and oxygen atoms in total. The van der Waals surface area contributed by atoms with Gasteiger partial charge < -0.3 is 15.1 Å². The molecule has 2 aliphatic rings. The number of aromatic nitrogens is 1. The predicted octanol–water partition coefficient (Wildman–Crippen LogP) is 1.48. The average molecular weight is 260 g/mol. The lowest BCUT2D eigenvalue weighted by atomic mass is 10.2. The highest BCUT2D eigenvalue weighted by Crippen LogP contribution is 2.20. The largest absolute Gasteiger partial charge is 0.370 e. The van der Waals surface area contributed by atoms with Crippen LogP contribution >= 0.6 is 0 Å². The average Bonchev–Trinajstić information content (AvgIpc) is 3.24. The van der Waals surface area contributed by atoms with Crippen molar-refractivity contribution in [1.29, 1.82) is 0 Å². The van der Waals surface area contributed by atoms with E-state index in [0.717, 1.165) is 32.2 Å². The van der Waals surface area contributed by atoms with Gasteiger partial charge in [-0.3, -0.25) is 4.98 Å². The van der Waals surface area contributed by atoms with Gasteiger partial charge in [0.15, 0.2) is 0 Å². The SMILES string of the molecule is CN1CCCN(c2ccnc(CNC3CC3)c2)CC1. The molecule has 4 heteroatoms. The Balaban J connectivity index is 1.63. The van der Waals surface area contributed by atoms with Crippen molar-refractivity contribution in [3.8, 4) is 0 Å². The normalized spacial score (nSPS) is 21.4. The van der Waals surface area contributed by atoms with Gasteiger partial charge in [-0.1, -0.05) is 0 Å². The van der Waals surface area contributed by atoms with E-state index >= 15 is 0 Å². The number of nitrogens with one attached hydrogen (secondary N) is 1. The summed E-state index contributed by atoms with van der Waals surface area (Å²) in [7, 11) is 2.21. The van der Waals surface area contributed by atoms with Crippen LogP contribution in [0.25, 0.3) is 0 Å². The monoisotopic (exact) mass is 260 g/mol. The van der Waals surface area contributed by atoms with E-state index in [1.165, 1.54) is 37.2 Å². The summed E-state index contributed by atoms with van der Waals surface area (Å²) in [5, 5.41) is 3.53. The third kappa shape index (κ3) is 3.67. The van der Waals surface area contributed by atoms with Crippen molar-refractivity contribution in [3.63, 3.8) is 0 Å². The van der Waals surface area contributed by atoms with Crippen molar-refractivity contribution in [3.05, 3.63) is 24.0 Å².